The summed E-state index contributed by atoms with van der Waals surface area (Å²) in [5.74, 6) is -6.15. The molecule has 0 aliphatic carbocycles. The number of halogens is 4. The molecule has 0 radical (unpaired) electrons. The first kappa shape index (κ1) is 16.8. The monoisotopic (exact) mass is 354 g/mol. The molecule has 1 unspecified atom stereocenters. The molecular formula is C13H14BrF3O3. The number of aliphatic carboxylic acids is 1. The van der Waals surface area contributed by atoms with Crippen molar-refractivity contribution >= 4 is 21.9 Å². The van der Waals surface area contributed by atoms with Crippen molar-refractivity contribution in [3.8, 4) is 5.75 Å². The third kappa shape index (κ3) is 4.13. The Bertz CT molecular complexity index is 506. The van der Waals surface area contributed by atoms with Gasteiger partial charge < -0.3 is 9.84 Å². The zero-order valence-electron chi connectivity index (χ0n) is 10.9. The summed E-state index contributed by atoms with van der Waals surface area (Å²) in [6.07, 6.45) is -1.02. The molecule has 0 heterocycles. The summed E-state index contributed by atoms with van der Waals surface area (Å²) in [6.45, 7) is 1.42. The lowest BCUT2D eigenvalue weighted by Gasteiger charge is -2.22. The van der Waals surface area contributed by atoms with Crippen molar-refractivity contribution in [1.82, 2.24) is 0 Å². The number of hydrogen-bond donors (Lipinski definition) is 1. The van der Waals surface area contributed by atoms with Crippen molar-refractivity contribution in [2.24, 2.45) is 5.92 Å². The number of carboxylic acid groups (broad SMARTS) is 1. The van der Waals surface area contributed by atoms with E-state index in [0.717, 1.165) is 12.1 Å². The predicted molar refractivity (Wildman–Crippen MR) is 70.6 cm³/mol. The van der Waals surface area contributed by atoms with Gasteiger partial charge >= 0.3 is 5.97 Å². The second kappa shape index (κ2) is 6.47. The van der Waals surface area contributed by atoms with Crippen LogP contribution in [0.25, 0.3) is 0 Å². The van der Waals surface area contributed by atoms with Crippen molar-refractivity contribution in [3.05, 3.63) is 28.0 Å². The Morgan fingerprint density at radius 2 is 2.10 bits per heavy atom. The fourth-order valence-electron chi connectivity index (χ4n) is 1.90. The van der Waals surface area contributed by atoms with Crippen LogP contribution in [0.3, 0.4) is 0 Å². The van der Waals surface area contributed by atoms with E-state index in [1.54, 1.807) is 0 Å². The van der Waals surface area contributed by atoms with E-state index >= 15 is 0 Å². The van der Waals surface area contributed by atoms with Gasteiger partial charge in [-0.15, -0.1) is 0 Å². The number of ether oxygens (including phenoxy) is 1. The number of methoxy groups -OCH3 is 1. The predicted octanol–water partition coefficient (Wildman–Crippen LogP) is 4.19. The number of alkyl halides is 2. The van der Waals surface area contributed by atoms with E-state index in [1.165, 1.54) is 14.0 Å². The summed E-state index contributed by atoms with van der Waals surface area (Å²) < 4.78 is 46.4. The van der Waals surface area contributed by atoms with Crippen molar-refractivity contribution in [3.63, 3.8) is 0 Å². The fraction of sp³-hybridized carbons (Fsp3) is 0.462. The molecule has 3 nitrogen and oxygen atoms in total. The molecule has 1 rings (SSSR count). The third-order valence-electron chi connectivity index (χ3n) is 2.76. The quantitative estimate of drug-likeness (QED) is 0.833. The van der Waals surface area contributed by atoms with Crippen LogP contribution in [0.5, 0.6) is 5.75 Å². The Morgan fingerprint density at radius 3 is 2.60 bits per heavy atom. The summed E-state index contributed by atoms with van der Waals surface area (Å²) in [7, 11) is 1.17. The second-order valence-electron chi connectivity index (χ2n) is 4.58. The zero-order chi connectivity index (χ0) is 15.5. The molecule has 0 amide bonds. The number of rotatable bonds is 6. The van der Waals surface area contributed by atoms with Crippen LogP contribution >= 0.6 is 15.9 Å². The molecule has 0 aliphatic rings. The van der Waals surface area contributed by atoms with Gasteiger partial charge in [-0.3, -0.25) is 4.79 Å². The number of carbonyl (C=O) groups is 1. The minimum atomic E-state index is -3.31. The van der Waals surface area contributed by atoms with Crippen molar-refractivity contribution in [2.75, 3.05) is 7.11 Å². The van der Waals surface area contributed by atoms with Gasteiger partial charge in [0.05, 0.1) is 17.1 Å². The van der Waals surface area contributed by atoms with Gasteiger partial charge in [0.2, 0.25) is 0 Å². The van der Waals surface area contributed by atoms with Gasteiger partial charge in [0.15, 0.2) is 0 Å². The average Bonchev–Trinajstić information content (AvgIpc) is 2.29. The highest BCUT2D eigenvalue weighted by Gasteiger charge is 2.37. The number of hydrogen-bond acceptors (Lipinski definition) is 2. The molecule has 7 heteroatoms. The summed E-state index contributed by atoms with van der Waals surface area (Å²) in [4.78, 5) is 10.5. The van der Waals surface area contributed by atoms with Gasteiger partial charge in [-0.25, -0.2) is 13.2 Å². The molecule has 1 atom stereocenters. The molecule has 112 valence electrons. The number of benzene rings is 1. The first-order chi connectivity index (χ1) is 9.17. The van der Waals surface area contributed by atoms with Gasteiger partial charge in [0, 0.05) is 18.9 Å². The van der Waals surface area contributed by atoms with Crippen LogP contribution in [0.4, 0.5) is 13.2 Å². The standard InChI is InChI=1S/C13H14BrF3O3/c1-7(3-12(18)19)6-13(16,17)8-4-9(14)10(15)5-11(8)20-2/h4-5,7H,3,6H2,1-2H3,(H,18,19). The maximum atomic E-state index is 14.2. The highest BCUT2D eigenvalue weighted by Crippen LogP contribution is 2.42. The van der Waals surface area contributed by atoms with Crippen molar-refractivity contribution in [1.29, 1.82) is 0 Å². The molecule has 20 heavy (non-hydrogen) atoms. The summed E-state index contributed by atoms with van der Waals surface area (Å²) >= 11 is 2.85. The Kier molecular flexibility index (Phi) is 5.44. The third-order valence-corrected chi connectivity index (χ3v) is 3.37. The molecule has 0 spiro atoms. The van der Waals surface area contributed by atoms with Crippen molar-refractivity contribution < 1.29 is 27.8 Å². The van der Waals surface area contributed by atoms with Crippen LogP contribution in [-0.2, 0) is 10.7 Å². The normalized spacial score (nSPS) is 13.1. The Hall–Kier alpha value is -1.24. The maximum absolute atomic E-state index is 14.2. The fourth-order valence-corrected chi connectivity index (χ4v) is 2.24. The van der Waals surface area contributed by atoms with E-state index in [2.05, 4.69) is 15.9 Å². The van der Waals surface area contributed by atoms with Gasteiger partial charge in [-0.2, -0.15) is 0 Å². The molecule has 0 bridgehead atoms. The average molecular weight is 355 g/mol. The van der Waals surface area contributed by atoms with Gasteiger partial charge in [0.1, 0.15) is 11.6 Å². The lowest BCUT2D eigenvalue weighted by molar-refractivity contribution is -0.138. The largest absolute Gasteiger partial charge is 0.496 e. The topological polar surface area (TPSA) is 46.5 Å². The number of carboxylic acids is 1. The van der Waals surface area contributed by atoms with E-state index in [4.69, 9.17) is 9.84 Å². The minimum absolute atomic E-state index is 0.0983. The Balaban J connectivity index is 3.07. The minimum Gasteiger partial charge on any atom is -0.496 e. The molecule has 1 aromatic carbocycles. The highest BCUT2D eigenvalue weighted by atomic mass is 79.9. The van der Waals surface area contributed by atoms with E-state index in [-0.39, 0.29) is 16.6 Å². The smallest absolute Gasteiger partial charge is 0.303 e. The molecule has 0 fully saturated rings. The van der Waals surface area contributed by atoms with E-state index in [9.17, 15) is 18.0 Å². The lowest BCUT2D eigenvalue weighted by atomic mass is 9.94. The second-order valence-corrected chi connectivity index (χ2v) is 5.43. The van der Waals surface area contributed by atoms with Crippen LogP contribution in [0.2, 0.25) is 0 Å². The SMILES string of the molecule is COc1cc(F)c(Br)cc1C(F)(F)CC(C)CC(=O)O. The van der Waals surface area contributed by atoms with Crippen LogP contribution in [0.1, 0.15) is 25.3 Å². The first-order valence-corrected chi connectivity index (χ1v) is 6.59. The molecule has 0 aromatic heterocycles. The molecule has 0 aliphatic heterocycles. The first-order valence-electron chi connectivity index (χ1n) is 5.80. The summed E-state index contributed by atoms with van der Waals surface area (Å²) in [5, 5.41) is 8.61. The van der Waals surface area contributed by atoms with Crippen LogP contribution in [0.15, 0.2) is 16.6 Å². The van der Waals surface area contributed by atoms with Gasteiger partial charge in [0.25, 0.3) is 5.92 Å². The van der Waals surface area contributed by atoms with Crippen LogP contribution < -0.4 is 4.74 Å². The van der Waals surface area contributed by atoms with Crippen LogP contribution in [0, 0.1) is 11.7 Å². The van der Waals surface area contributed by atoms with E-state index < -0.39 is 35.6 Å². The van der Waals surface area contributed by atoms with E-state index in [0.29, 0.717) is 0 Å². The zero-order valence-corrected chi connectivity index (χ0v) is 12.5. The van der Waals surface area contributed by atoms with E-state index in [1.807, 2.05) is 0 Å². The van der Waals surface area contributed by atoms with Crippen LogP contribution in [-0.4, -0.2) is 18.2 Å². The summed E-state index contributed by atoms with van der Waals surface area (Å²) in [6, 6.07) is 1.83. The molecule has 1 aromatic rings. The van der Waals surface area contributed by atoms with Gasteiger partial charge in [-0.05, 0) is 27.9 Å². The molecule has 0 saturated heterocycles. The Labute approximate surface area is 122 Å². The highest BCUT2D eigenvalue weighted by molar-refractivity contribution is 9.10. The van der Waals surface area contributed by atoms with Gasteiger partial charge in [-0.1, -0.05) is 6.92 Å². The molecule has 0 saturated carbocycles. The molecule has 1 N–H and O–H groups in total. The lowest BCUT2D eigenvalue weighted by Crippen LogP contribution is -2.20. The molecular weight excluding hydrogens is 341 g/mol. The summed E-state index contributed by atoms with van der Waals surface area (Å²) in [5.41, 5.74) is -0.467. The Morgan fingerprint density at radius 1 is 1.50 bits per heavy atom. The van der Waals surface area contributed by atoms with Crippen molar-refractivity contribution in [2.45, 2.75) is 25.7 Å². The maximum Gasteiger partial charge on any atom is 0.303 e.